The van der Waals surface area contributed by atoms with E-state index in [1.54, 1.807) is 0 Å². The molecule has 1 amide bonds. The molecule has 1 saturated heterocycles. The molecule has 156 valence electrons. The van der Waals surface area contributed by atoms with Crippen molar-refractivity contribution in [1.29, 1.82) is 0 Å². The highest BCUT2D eigenvalue weighted by molar-refractivity contribution is 7.85. The van der Waals surface area contributed by atoms with E-state index in [2.05, 4.69) is 56.0 Å². The Bertz CT molecular complexity index is 1110. The summed E-state index contributed by atoms with van der Waals surface area (Å²) in [6.07, 6.45) is 3.87. The number of anilines is 1. The van der Waals surface area contributed by atoms with Gasteiger partial charge >= 0.3 is 0 Å². The summed E-state index contributed by atoms with van der Waals surface area (Å²) >= 11 is 0. The predicted octanol–water partition coefficient (Wildman–Crippen LogP) is 3.22. The van der Waals surface area contributed by atoms with Crippen LogP contribution in [0.5, 0.6) is 0 Å². The minimum atomic E-state index is -0.641. The van der Waals surface area contributed by atoms with Crippen LogP contribution in [0.4, 0.5) is 5.82 Å². The maximum atomic E-state index is 12.1. The second-order valence-electron chi connectivity index (χ2n) is 8.31. The van der Waals surface area contributed by atoms with E-state index in [0.29, 0.717) is 5.82 Å². The molecule has 1 N–H and O–H groups in total. The van der Waals surface area contributed by atoms with E-state index in [1.165, 1.54) is 5.56 Å². The molecule has 2 aromatic heterocycles. The van der Waals surface area contributed by atoms with Gasteiger partial charge in [0.15, 0.2) is 5.82 Å². The molecule has 0 unspecified atom stereocenters. The SMILES string of the molecule is Cc1ccc(-c2ccc(CN3CCS(=O)CC3)cc2)n2cc(NC(=O)C3CC3)nc12. The van der Waals surface area contributed by atoms with Gasteiger partial charge in [-0.3, -0.25) is 18.3 Å². The quantitative estimate of drug-likeness (QED) is 0.686. The van der Waals surface area contributed by atoms with Gasteiger partial charge in [0.2, 0.25) is 5.91 Å². The van der Waals surface area contributed by atoms with Gasteiger partial charge in [0, 0.05) is 47.9 Å². The van der Waals surface area contributed by atoms with Gasteiger partial charge in [-0.25, -0.2) is 4.98 Å². The molecule has 3 heterocycles. The number of hydrogen-bond acceptors (Lipinski definition) is 4. The monoisotopic (exact) mass is 422 g/mol. The zero-order valence-electron chi connectivity index (χ0n) is 17.1. The largest absolute Gasteiger partial charge is 0.309 e. The highest BCUT2D eigenvalue weighted by atomic mass is 32.2. The van der Waals surface area contributed by atoms with Gasteiger partial charge < -0.3 is 5.32 Å². The first kappa shape index (κ1) is 19.5. The number of hydrogen-bond donors (Lipinski definition) is 1. The number of nitrogens with one attached hydrogen (secondary N) is 1. The summed E-state index contributed by atoms with van der Waals surface area (Å²) < 4.78 is 13.6. The van der Waals surface area contributed by atoms with Crippen LogP contribution in [0.3, 0.4) is 0 Å². The molecular weight excluding hydrogens is 396 g/mol. The Morgan fingerprint density at radius 3 is 2.57 bits per heavy atom. The molecule has 2 fully saturated rings. The van der Waals surface area contributed by atoms with Crippen molar-refractivity contribution in [3.8, 4) is 11.3 Å². The number of imidazole rings is 1. The lowest BCUT2D eigenvalue weighted by Crippen LogP contribution is -2.37. The molecule has 0 spiro atoms. The van der Waals surface area contributed by atoms with Crippen molar-refractivity contribution < 1.29 is 9.00 Å². The summed E-state index contributed by atoms with van der Waals surface area (Å²) in [4.78, 5) is 19.1. The molecule has 6 nitrogen and oxygen atoms in total. The van der Waals surface area contributed by atoms with Crippen LogP contribution in [0.1, 0.15) is 24.0 Å². The number of pyridine rings is 1. The maximum absolute atomic E-state index is 12.1. The molecule has 1 saturated carbocycles. The van der Waals surface area contributed by atoms with E-state index < -0.39 is 10.8 Å². The number of amides is 1. The third-order valence-electron chi connectivity index (χ3n) is 5.94. The van der Waals surface area contributed by atoms with Gasteiger partial charge in [-0.1, -0.05) is 30.3 Å². The molecule has 5 rings (SSSR count). The zero-order valence-corrected chi connectivity index (χ0v) is 18.0. The highest BCUT2D eigenvalue weighted by Gasteiger charge is 2.30. The molecule has 0 bridgehead atoms. The van der Waals surface area contributed by atoms with Crippen LogP contribution in [-0.2, 0) is 22.1 Å². The van der Waals surface area contributed by atoms with E-state index in [-0.39, 0.29) is 11.8 Å². The van der Waals surface area contributed by atoms with Crippen molar-refractivity contribution >= 4 is 28.2 Å². The molecule has 2 aliphatic rings. The zero-order chi connectivity index (χ0) is 20.7. The number of aromatic nitrogens is 2. The molecule has 3 aromatic rings. The summed E-state index contributed by atoms with van der Waals surface area (Å²) in [5.41, 5.74) is 5.36. The van der Waals surface area contributed by atoms with Gasteiger partial charge in [0.05, 0.1) is 11.9 Å². The van der Waals surface area contributed by atoms with E-state index >= 15 is 0 Å². The fourth-order valence-electron chi connectivity index (χ4n) is 3.94. The van der Waals surface area contributed by atoms with Crippen molar-refractivity contribution in [3.05, 3.63) is 53.7 Å². The fraction of sp³-hybridized carbons (Fsp3) is 0.391. The summed E-state index contributed by atoms with van der Waals surface area (Å²) in [5, 5.41) is 2.96. The Morgan fingerprint density at radius 1 is 1.13 bits per heavy atom. The fourth-order valence-corrected chi connectivity index (χ4v) is 5.07. The van der Waals surface area contributed by atoms with Crippen LogP contribution in [-0.4, -0.2) is 49.0 Å². The Labute approximate surface area is 178 Å². The standard InChI is InChI=1S/C23H26N4O2S/c1-16-2-9-20(27-15-21(24-22(16)27)25-23(28)19-7-8-19)18-5-3-17(4-6-18)14-26-10-12-30(29)13-11-26/h2-6,9,15,19H,7-8,10-14H2,1H3,(H,25,28). The van der Waals surface area contributed by atoms with Gasteiger partial charge in [-0.05, 0) is 42.5 Å². The molecule has 1 aliphatic heterocycles. The molecule has 30 heavy (non-hydrogen) atoms. The van der Waals surface area contributed by atoms with Crippen molar-refractivity contribution in [2.24, 2.45) is 5.92 Å². The summed E-state index contributed by atoms with van der Waals surface area (Å²) in [6.45, 7) is 4.73. The first-order chi connectivity index (χ1) is 14.6. The van der Waals surface area contributed by atoms with Gasteiger partial charge in [-0.2, -0.15) is 0 Å². The van der Waals surface area contributed by atoms with Gasteiger partial charge in [0.25, 0.3) is 0 Å². The average Bonchev–Trinajstić information content (AvgIpc) is 3.51. The normalized spacial score (nSPS) is 18.0. The number of carbonyl (C=O) groups is 1. The Balaban J connectivity index is 1.38. The molecule has 0 atom stereocenters. The van der Waals surface area contributed by atoms with Crippen molar-refractivity contribution in [2.45, 2.75) is 26.3 Å². The van der Waals surface area contributed by atoms with Crippen molar-refractivity contribution in [2.75, 3.05) is 29.9 Å². The Morgan fingerprint density at radius 2 is 1.87 bits per heavy atom. The summed E-state index contributed by atoms with van der Waals surface area (Å²) in [7, 11) is -0.641. The number of nitrogens with zero attached hydrogens (tertiary/aromatic N) is 3. The maximum Gasteiger partial charge on any atom is 0.228 e. The van der Waals surface area contributed by atoms with Crippen molar-refractivity contribution in [1.82, 2.24) is 14.3 Å². The molecule has 0 radical (unpaired) electrons. The van der Waals surface area contributed by atoms with Gasteiger partial charge in [0.1, 0.15) is 5.65 Å². The third kappa shape index (κ3) is 4.04. The Kier molecular flexibility index (Phi) is 5.16. The number of rotatable bonds is 5. The van der Waals surface area contributed by atoms with Crippen molar-refractivity contribution in [3.63, 3.8) is 0 Å². The van der Waals surface area contributed by atoms with Crippen LogP contribution < -0.4 is 5.32 Å². The number of fused-ring (bicyclic) bond motifs is 1. The Hall–Kier alpha value is -2.51. The average molecular weight is 423 g/mol. The van der Waals surface area contributed by atoms with E-state index in [4.69, 9.17) is 0 Å². The van der Waals surface area contributed by atoms with Crippen LogP contribution in [0.15, 0.2) is 42.6 Å². The second-order valence-corrected chi connectivity index (χ2v) is 10.0. The summed E-state index contributed by atoms with van der Waals surface area (Å²) in [6, 6.07) is 12.8. The van der Waals surface area contributed by atoms with Crippen LogP contribution in [0, 0.1) is 12.8 Å². The third-order valence-corrected chi connectivity index (χ3v) is 7.21. The molecule has 1 aliphatic carbocycles. The highest BCUT2D eigenvalue weighted by Crippen LogP contribution is 2.31. The molecule has 7 heteroatoms. The van der Waals surface area contributed by atoms with E-state index in [0.717, 1.165) is 66.4 Å². The number of benzene rings is 1. The van der Waals surface area contributed by atoms with E-state index in [9.17, 15) is 9.00 Å². The topological polar surface area (TPSA) is 66.7 Å². The second kappa shape index (κ2) is 7.96. The molecule has 1 aromatic carbocycles. The van der Waals surface area contributed by atoms with Crippen LogP contribution in [0.25, 0.3) is 16.9 Å². The predicted molar refractivity (Wildman–Crippen MR) is 120 cm³/mol. The van der Waals surface area contributed by atoms with E-state index in [1.807, 2.05) is 13.1 Å². The lowest BCUT2D eigenvalue weighted by Gasteiger charge is -2.26. The first-order valence-corrected chi connectivity index (χ1v) is 12.0. The minimum absolute atomic E-state index is 0.0727. The van der Waals surface area contributed by atoms with Crippen LogP contribution >= 0.6 is 0 Å². The number of carbonyl (C=O) groups excluding carboxylic acids is 1. The first-order valence-electron chi connectivity index (χ1n) is 10.5. The minimum Gasteiger partial charge on any atom is -0.309 e. The summed E-state index contributed by atoms with van der Waals surface area (Å²) in [5.74, 6) is 2.40. The lowest BCUT2D eigenvalue weighted by molar-refractivity contribution is -0.117. The van der Waals surface area contributed by atoms with Crippen LogP contribution in [0.2, 0.25) is 0 Å². The lowest BCUT2D eigenvalue weighted by atomic mass is 10.1. The van der Waals surface area contributed by atoms with Gasteiger partial charge in [-0.15, -0.1) is 0 Å². The number of aryl methyl sites for hydroxylation is 1. The smallest absolute Gasteiger partial charge is 0.228 e. The molecular formula is C23H26N4O2S.